The molecule has 1 saturated heterocycles. The van der Waals surface area contributed by atoms with Crippen LogP contribution < -0.4 is 5.32 Å². The number of methoxy groups -OCH3 is 1. The summed E-state index contributed by atoms with van der Waals surface area (Å²) in [5.41, 5.74) is 1.76. The van der Waals surface area contributed by atoms with Gasteiger partial charge in [0.05, 0.1) is 29.8 Å². The average Bonchev–Trinajstić information content (AvgIpc) is 3.24. The summed E-state index contributed by atoms with van der Waals surface area (Å²) in [5.74, 6) is 0.944. The van der Waals surface area contributed by atoms with Crippen LogP contribution in [0, 0.1) is 11.8 Å². The predicted molar refractivity (Wildman–Crippen MR) is 101 cm³/mol. The van der Waals surface area contributed by atoms with Crippen molar-refractivity contribution in [3.05, 3.63) is 30.0 Å². The fraction of sp³-hybridized carbons (Fsp3) is 0.550. The number of hydrogen-bond acceptors (Lipinski definition) is 4. The zero-order valence-electron chi connectivity index (χ0n) is 15.8. The zero-order valence-corrected chi connectivity index (χ0v) is 15.8. The summed E-state index contributed by atoms with van der Waals surface area (Å²) in [4.78, 5) is 26.3. The van der Waals surface area contributed by atoms with Crippen molar-refractivity contribution in [1.82, 2.24) is 20.4 Å². The minimum atomic E-state index is -0.0300. The fourth-order valence-electron chi connectivity index (χ4n) is 4.70. The third-order valence-corrected chi connectivity index (χ3v) is 6.03. The summed E-state index contributed by atoms with van der Waals surface area (Å²) in [5, 5.41) is 11.3. The highest BCUT2D eigenvalue weighted by molar-refractivity contribution is 5.87. The lowest BCUT2D eigenvalue weighted by Crippen LogP contribution is -2.49. The van der Waals surface area contributed by atoms with E-state index in [1.54, 1.807) is 7.11 Å². The molecule has 2 aliphatic rings. The number of para-hydroxylation sites is 1. The third-order valence-electron chi connectivity index (χ3n) is 6.03. The van der Waals surface area contributed by atoms with Crippen LogP contribution in [-0.4, -0.2) is 59.3 Å². The highest BCUT2D eigenvalue weighted by atomic mass is 16.5. The molecule has 7 nitrogen and oxygen atoms in total. The first-order valence-corrected chi connectivity index (χ1v) is 9.54. The molecule has 4 rings (SSSR count). The molecule has 1 aromatic carbocycles. The van der Waals surface area contributed by atoms with Crippen LogP contribution in [0.3, 0.4) is 0 Å². The highest BCUT2D eigenvalue weighted by Gasteiger charge is 2.43. The molecule has 27 heavy (non-hydrogen) atoms. The van der Waals surface area contributed by atoms with Crippen molar-refractivity contribution < 1.29 is 14.3 Å². The van der Waals surface area contributed by atoms with E-state index in [1.807, 2.05) is 29.2 Å². The number of likely N-dealkylation sites (tertiary alicyclic amines) is 1. The van der Waals surface area contributed by atoms with Gasteiger partial charge in [0, 0.05) is 32.5 Å². The van der Waals surface area contributed by atoms with Gasteiger partial charge in [0.1, 0.15) is 0 Å². The molecule has 7 heteroatoms. The Labute approximate surface area is 158 Å². The number of hydrogen-bond donors (Lipinski definition) is 2. The molecule has 2 fully saturated rings. The summed E-state index contributed by atoms with van der Waals surface area (Å²) in [6.07, 6.45) is 2.09. The van der Waals surface area contributed by atoms with Crippen molar-refractivity contribution in [2.45, 2.75) is 38.3 Å². The Balaban J connectivity index is 1.43. The molecule has 4 atom stereocenters. The quantitative estimate of drug-likeness (QED) is 0.854. The topological polar surface area (TPSA) is 87.3 Å². The van der Waals surface area contributed by atoms with Crippen LogP contribution in [0.15, 0.2) is 24.3 Å². The van der Waals surface area contributed by atoms with Gasteiger partial charge in [-0.05, 0) is 30.7 Å². The molecule has 0 spiro atoms. The Bertz CT molecular complexity index is 849. The van der Waals surface area contributed by atoms with Gasteiger partial charge in [-0.2, -0.15) is 5.10 Å². The van der Waals surface area contributed by atoms with E-state index in [-0.39, 0.29) is 24.0 Å². The Morgan fingerprint density at radius 3 is 2.74 bits per heavy atom. The number of carbonyl (C=O) groups excluding carboxylic acids is 2. The maximum absolute atomic E-state index is 12.9. The Morgan fingerprint density at radius 2 is 2.00 bits per heavy atom. The molecule has 2 heterocycles. The van der Waals surface area contributed by atoms with Crippen molar-refractivity contribution in [3.8, 4) is 0 Å². The van der Waals surface area contributed by atoms with Crippen molar-refractivity contribution in [1.29, 1.82) is 0 Å². The first kappa shape index (κ1) is 18.0. The van der Waals surface area contributed by atoms with E-state index >= 15 is 0 Å². The van der Waals surface area contributed by atoms with E-state index in [9.17, 15) is 9.59 Å². The van der Waals surface area contributed by atoms with E-state index in [0.717, 1.165) is 42.5 Å². The lowest BCUT2D eigenvalue weighted by Gasteiger charge is -2.37. The van der Waals surface area contributed by atoms with Crippen LogP contribution in [0.4, 0.5) is 0 Å². The SMILES string of the molecule is CO[C@@H]1C[C@H]2CN(C(=O)Cc3[nH]nc4ccccc34)C[C@H]2C[C@H]1NC(C)=O. The average molecular weight is 370 g/mol. The van der Waals surface area contributed by atoms with Gasteiger partial charge in [-0.25, -0.2) is 0 Å². The molecule has 0 radical (unpaired) electrons. The fourth-order valence-corrected chi connectivity index (χ4v) is 4.70. The molecule has 0 unspecified atom stereocenters. The molecule has 2 amide bonds. The van der Waals surface area contributed by atoms with Crippen molar-refractivity contribution >= 4 is 22.7 Å². The summed E-state index contributed by atoms with van der Waals surface area (Å²) in [6, 6.07) is 7.87. The van der Waals surface area contributed by atoms with Gasteiger partial charge in [-0.3, -0.25) is 14.7 Å². The van der Waals surface area contributed by atoms with Gasteiger partial charge in [0.25, 0.3) is 0 Å². The molecule has 1 aromatic heterocycles. The number of aromatic amines is 1. The molecule has 1 aliphatic carbocycles. The Morgan fingerprint density at radius 1 is 1.26 bits per heavy atom. The standard InChI is InChI=1S/C20H26N4O3/c1-12(25)21-18-7-13-10-24(11-14(13)8-19(18)27-2)20(26)9-17-15-5-3-4-6-16(15)22-23-17/h3-6,13-14,18-19H,7-11H2,1-2H3,(H,21,25)(H,22,23)/t13-,14+,18-,19-/m1/s1. The molecular weight excluding hydrogens is 344 g/mol. The Hall–Kier alpha value is -2.41. The number of amides is 2. The molecule has 2 aromatic rings. The normalized spacial score (nSPS) is 27.6. The van der Waals surface area contributed by atoms with Gasteiger partial charge in [-0.1, -0.05) is 18.2 Å². The largest absolute Gasteiger partial charge is 0.379 e. The lowest BCUT2D eigenvalue weighted by molar-refractivity contribution is -0.129. The predicted octanol–water partition coefficient (Wildman–Crippen LogP) is 1.49. The number of rotatable bonds is 4. The maximum atomic E-state index is 12.9. The van der Waals surface area contributed by atoms with Crippen LogP contribution >= 0.6 is 0 Å². The molecular formula is C20H26N4O3. The van der Waals surface area contributed by atoms with Crippen LogP contribution in [0.25, 0.3) is 10.9 Å². The number of nitrogens with one attached hydrogen (secondary N) is 2. The number of H-pyrrole nitrogens is 1. The summed E-state index contributed by atoms with van der Waals surface area (Å²) in [6.45, 7) is 3.06. The second-order valence-corrected chi connectivity index (χ2v) is 7.77. The molecule has 2 N–H and O–H groups in total. The third kappa shape index (κ3) is 3.56. The van der Waals surface area contributed by atoms with Gasteiger partial charge < -0.3 is 15.0 Å². The van der Waals surface area contributed by atoms with E-state index in [2.05, 4.69) is 15.5 Å². The molecule has 1 aliphatic heterocycles. The van der Waals surface area contributed by atoms with E-state index in [1.165, 1.54) is 6.92 Å². The van der Waals surface area contributed by atoms with Crippen LogP contribution in [0.5, 0.6) is 0 Å². The lowest BCUT2D eigenvalue weighted by atomic mass is 9.77. The van der Waals surface area contributed by atoms with Crippen molar-refractivity contribution in [3.63, 3.8) is 0 Å². The number of ether oxygens (including phenoxy) is 1. The number of carbonyl (C=O) groups is 2. The summed E-state index contributed by atoms with van der Waals surface area (Å²) in [7, 11) is 1.70. The highest BCUT2D eigenvalue weighted by Crippen LogP contribution is 2.37. The van der Waals surface area contributed by atoms with Crippen LogP contribution in [0.2, 0.25) is 0 Å². The van der Waals surface area contributed by atoms with E-state index in [4.69, 9.17) is 4.74 Å². The van der Waals surface area contributed by atoms with Gasteiger partial charge in [0.2, 0.25) is 11.8 Å². The van der Waals surface area contributed by atoms with Gasteiger partial charge >= 0.3 is 0 Å². The van der Waals surface area contributed by atoms with Crippen LogP contribution in [-0.2, 0) is 20.7 Å². The van der Waals surface area contributed by atoms with E-state index in [0.29, 0.717) is 18.3 Å². The second-order valence-electron chi connectivity index (χ2n) is 7.77. The second kappa shape index (κ2) is 7.31. The first-order chi connectivity index (χ1) is 13.0. The van der Waals surface area contributed by atoms with E-state index < -0.39 is 0 Å². The number of benzene rings is 1. The smallest absolute Gasteiger partial charge is 0.228 e. The van der Waals surface area contributed by atoms with Crippen molar-refractivity contribution in [2.24, 2.45) is 11.8 Å². The molecule has 144 valence electrons. The first-order valence-electron chi connectivity index (χ1n) is 9.54. The zero-order chi connectivity index (χ0) is 19.0. The minimum Gasteiger partial charge on any atom is -0.379 e. The minimum absolute atomic E-state index is 0.0155. The van der Waals surface area contributed by atoms with Crippen molar-refractivity contribution in [2.75, 3.05) is 20.2 Å². The maximum Gasteiger partial charge on any atom is 0.228 e. The van der Waals surface area contributed by atoms with Gasteiger partial charge in [-0.15, -0.1) is 0 Å². The Kier molecular flexibility index (Phi) is 4.86. The number of aromatic nitrogens is 2. The number of fused-ring (bicyclic) bond motifs is 2. The summed E-state index contributed by atoms with van der Waals surface area (Å²) >= 11 is 0. The molecule has 0 bridgehead atoms. The van der Waals surface area contributed by atoms with Crippen LogP contribution in [0.1, 0.15) is 25.5 Å². The monoisotopic (exact) mass is 370 g/mol. The van der Waals surface area contributed by atoms with Gasteiger partial charge in [0.15, 0.2) is 0 Å². The summed E-state index contributed by atoms with van der Waals surface area (Å²) < 4.78 is 5.61. The number of nitrogens with zero attached hydrogens (tertiary/aromatic N) is 2. The molecule has 1 saturated carbocycles.